The lowest BCUT2D eigenvalue weighted by molar-refractivity contribution is -0.104. The quantitative estimate of drug-likeness (QED) is 0.488. The predicted molar refractivity (Wildman–Crippen MR) is 49.9 cm³/mol. The van der Waals surface area contributed by atoms with Crippen LogP contribution in [0.3, 0.4) is 0 Å². The molecule has 0 radical (unpaired) electrons. The molecule has 2 nitrogen and oxygen atoms in total. The van der Waals surface area contributed by atoms with E-state index in [0.29, 0.717) is 12.3 Å². The maximum Gasteiger partial charge on any atom is 0.142 e. The molecular weight excluding hydrogens is 152 g/mol. The molecular formula is C10H18O2. The number of carbonyl (C=O) groups excluding carboxylic acids is 1. The third-order valence-corrected chi connectivity index (χ3v) is 1.99. The van der Waals surface area contributed by atoms with Gasteiger partial charge in [-0.05, 0) is 24.8 Å². The van der Waals surface area contributed by atoms with Crippen LogP contribution in [-0.4, -0.2) is 17.5 Å². The van der Waals surface area contributed by atoms with Crippen molar-refractivity contribution in [3.63, 3.8) is 0 Å². The number of rotatable bonds is 6. The number of hydrogen-bond donors (Lipinski definition) is 1. The van der Waals surface area contributed by atoms with Gasteiger partial charge in [-0.3, -0.25) is 4.79 Å². The van der Waals surface area contributed by atoms with Crippen LogP contribution in [0.1, 0.15) is 33.1 Å². The molecule has 0 aromatic rings. The van der Waals surface area contributed by atoms with Gasteiger partial charge < -0.3 is 5.11 Å². The fourth-order valence-electron chi connectivity index (χ4n) is 1.15. The molecule has 0 bridgehead atoms. The molecule has 0 aliphatic carbocycles. The molecule has 0 aliphatic rings. The van der Waals surface area contributed by atoms with Gasteiger partial charge in [-0.15, -0.1) is 0 Å². The van der Waals surface area contributed by atoms with E-state index in [-0.39, 0.29) is 6.10 Å². The van der Waals surface area contributed by atoms with Crippen molar-refractivity contribution in [2.75, 3.05) is 0 Å². The zero-order valence-electron chi connectivity index (χ0n) is 7.86. The molecule has 1 N–H and O–H groups in total. The summed E-state index contributed by atoms with van der Waals surface area (Å²) in [5.41, 5.74) is 0. The molecule has 0 aliphatic heterocycles. The van der Waals surface area contributed by atoms with Gasteiger partial charge in [0.25, 0.3) is 0 Å². The van der Waals surface area contributed by atoms with Crippen LogP contribution in [0.25, 0.3) is 0 Å². The molecule has 2 heteroatoms. The Morgan fingerprint density at radius 3 is 2.67 bits per heavy atom. The summed E-state index contributed by atoms with van der Waals surface area (Å²) in [6, 6.07) is 0. The number of hydrogen-bond acceptors (Lipinski definition) is 2. The Hall–Kier alpha value is -0.630. The fraction of sp³-hybridized carbons (Fsp3) is 0.700. The average Bonchev–Trinajstić information content (AvgIpc) is 2.05. The summed E-state index contributed by atoms with van der Waals surface area (Å²) < 4.78 is 0. The summed E-state index contributed by atoms with van der Waals surface area (Å²) in [5.74, 6) is 0.325. The molecule has 0 heterocycles. The van der Waals surface area contributed by atoms with Gasteiger partial charge >= 0.3 is 0 Å². The highest BCUT2D eigenvalue weighted by molar-refractivity contribution is 5.64. The van der Waals surface area contributed by atoms with Gasteiger partial charge in [-0.2, -0.15) is 0 Å². The monoisotopic (exact) mass is 170 g/mol. The molecule has 0 aromatic carbocycles. The van der Waals surface area contributed by atoms with Crippen LogP contribution >= 0.6 is 0 Å². The Balaban J connectivity index is 3.62. The summed E-state index contributed by atoms with van der Waals surface area (Å²) in [6.45, 7) is 4.13. The van der Waals surface area contributed by atoms with Gasteiger partial charge in [0, 0.05) is 0 Å². The maximum atomic E-state index is 9.91. The molecule has 2 atom stereocenters. The van der Waals surface area contributed by atoms with E-state index in [4.69, 9.17) is 0 Å². The number of aliphatic hydroxyl groups is 1. The number of carbonyl (C=O) groups is 1. The normalized spacial score (nSPS) is 16.2. The Morgan fingerprint density at radius 2 is 2.17 bits per heavy atom. The first kappa shape index (κ1) is 11.4. The van der Waals surface area contributed by atoms with Crippen molar-refractivity contribution >= 4 is 6.29 Å². The van der Waals surface area contributed by atoms with Crippen LogP contribution in [0.15, 0.2) is 12.2 Å². The van der Waals surface area contributed by atoms with Gasteiger partial charge in [-0.1, -0.05) is 26.3 Å². The topological polar surface area (TPSA) is 37.3 Å². The summed E-state index contributed by atoms with van der Waals surface area (Å²) in [5, 5.41) is 9.51. The second kappa shape index (κ2) is 7.04. The minimum absolute atomic E-state index is 0.304. The van der Waals surface area contributed by atoms with Crippen molar-refractivity contribution in [1.82, 2.24) is 0 Å². The van der Waals surface area contributed by atoms with E-state index in [2.05, 4.69) is 6.92 Å². The van der Waals surface area contributed by atoms with Crippen LogP contribution in [0.2, 0.25) is 0 Å². The lowest BCUT2D eigenvalue weighted by atomic mass is 9.97. The summed E-state index contributed by atoms with van der Waals surface area (Å²) in [7, 11) is 0. The molecule has 12 heavy (non-hydrogen) atoms. The lowest BCUT2D eigenvalue weighted by Gasteiger charge is -2.15. The van der Waals surface area contributed by atoms with E-state index in [9.17, 15) is 9.90 Å². The van der Waals surface area contributed by atoms with Crippen molar-refractivity contribution in [3.8, 4) is 0 Å². The first-order valence-corrected chi connectivity index (χ1v) is 4.50. The van der Waals surface area contributed by atoms with Crippen molar-refractivity contribution in [3.05, 3.63) is 12.2 Å². The van der Waals surface area contributed by atoms with Gasteiger partial charge in [0.15, 0.2) is 0 Å². The molecule has 0 saturated heterocycles. The van der Waals surface area contributed by atoms with Crippen LogP contribution in [0, 0.1) is 5.92 Å². The number of aliphatic hydroxyl groups excluding tert-OH is 1. The van der Waals surface area contributed by atoms with E-state index < -0.39 is 0 Å². The van der Waals surface area contributed by atoms with Crippen LogP contribution in [0.5, 0.6) is 0 Å². The highest BCUT2D eigenvalue weighted by Gasteiger charge is 2.10. The third-order valence-electron chi connectivity index (χ3n) is 1.99. The molecule has 0 saturated carbocycles. The summed E-state index contributed by atoms with van der Waals surface area (Å²) in [6.07, 6.45) is 6.29. The zero-order valence-corrected chi connectivity index (χ0v) is 7.86. The standard InChI is InChI=1S/C10H18O2/c1-3-6-9(2)10(12)7-4-5-8-11/h4-5,8-10,12H,3,6-7H2,1-2H3/b5-4+. The first-order chi connectivity index (χ1) is 5.72. The van der Waals surface area contributed by atoms with Crippen molar-refractivity contribution in [2.45, 2.75) is 39.2 Å². The Morgan fingerprint density at radius 1 is 1.50 bits per heavy atom. The largest absolute Gasteiger partial charge is 0.393 e. The van der Waals surface area contributed by atoms with E-state index in [0.717, 1.165) is 19.1 Å². The van der Waals surface area contributed by atoms with Gasteiger partial charge in [0.05, 0.1) is 6.10 Å². The van der Waals surface area contributed by atoms with Gasteiger partial charge in [0.1, 0.15) is 6.29 Å². The SMILES string of the molecule is CCCC(C)C(O)C/C=C/C=O. The molecule has 0 amide bonds. The smallest absolute Gasteiger partial charge is 0.142 e. The molecule has 0 fully saturated rings. The Kier molecular flexibility index (Phi) is 6.67. The molecule has 2 unspecified atom stereocenters. The third kappa shape index (κ3) is 5.08. The van der Waals surface area contributed by atoms with Crippen molar-refractivity contribution < 1.29 is 9.90 Å². The first-order valence-electron chi connectivity index (χ1n) is 4.50. The second-order valence-electron chi connectivity index (χ2n) is 3.13. The van der Waals surface area contributed by atoms with E-state index in [1.54, 1.807) is 6.08 Å². The van der Waals surface area contributed by atoms with Crippen LogP contribution in [0.4, 0.5) is 0 Å². The Labute approximate surface area is 74.3 Å². The van der Waals surface area contributed by atoms with Crippen LogP contribution in [-0.2, 0) is 4.79 Å². The minimum Gasteiger partial charge on any atom is -0.393 e. The zero-order chi connectivity index (χ0) is 9.40. The maximum absolute atomic E-state index is 9.91. The molecule has 0 aromatic heterocycles. The highest BCUT2D eigenvalue weighted by atomic mass is 16.3. The predicted octanol–water partition coefficient (Wildman–Crippen LogP) is 1.93. The van der Waals surface area contributed by atoms with E-state index in [1.807, 2.05) is 6.92 Å². The van der Waals surface area contributed by atoms with Crippen molar-refractivity contribution in [2.24, 2.45) is 5.92 Å². The van der Waals surface area contributed by atoms with Crippen LogP contribution < -0.4 is 0 Å². The molecule has 0 rings (SSSR count). The number of allylic oxidation sites excluding steroid dienone is 1. The van der Waals surface area contributed by atoms with Gasteiger partial charge in [-0.25, -0.2) is 0 Å². The minimum atomic E-state index is -0.304. The highest BCUT2D eigenvalue weighted by Crippen LogP contribution is 2.13. The molecule has 70 valence electrons. The lowest BCUT2D eigenvalue weighted by Crippen LogP contribution is -2.16. The fourth-order valence-corrected chi connectivity index (χ4v) is 1.15. The number of aldehydes is 1. The summed E-state index contributed by atoms with van der Waals surface area (Å²) >= 11 is 0. The average molecular weight is 170 g/mol. The van der Waals surface area contributed by atoms with Gasteiger partial charge in [0.2, 0.25) is 0 Å². The summed E-state index contributed by atoms with van der Waals surface area (Å²) in [4.78, 5) is 9.91. The molecule has 0 spiro atoms. The van der Waals surface area contributed by atoms with Crippen molar-refractivity contribution in [1.29, 1.82) is 0 Å². The second-order valence-corrected chi connectivity index (χ2v) is 3.13. The Bertz CT molecular complexity index is 141. The van der Waals surface area contributed by atoms with E-state index in [1.165, 1.54) is 6.08 Å². The van der Waals surface area contributed by atoms with E-state index >= 15 is 0 Å².